The van der Waals surface area contributed by atoms with E-state index in [0.29, 0.717) is 29.9 Å². The second kappa shape index (κ2) is 7.38. The van der Waals surface area contributed by atoms with E-state index < -0.39 is 5.82 Å². The van der Waals surface area contributed by atoms with Gasteiger partial charge in [-0.05, 0) is 46.3 Å². The molecule has 4 nitrogen and oxygen atoms in total. The zero-order valence-corrected chi connectivity index (χ0v) is 13.1. The smallest absolute Gasteiger partial charge is 0.255 e. The summed E-state index contributed by atoms with van der Waals surface area (Å²) in [7, 11) is 1.56. The molecule has 0 atom stereocenters. The van der Waals surface area contributed by atoms with Gasteiger partial charge in [-0.3, -0.25) is 4.79 Å². The van der Waals surface area contributed by atoms with Gasteiger partial charge in [-0.15, -0.1) is 0 Å². The van der Waals surface area contributed by atoms with E-state index in [1.807, 2.05) is 0 Å². The molecule has 2 aromatic rings. The average molecular weight is 356 g/mol. The summed E-state index contributed by atoms with van der Waals surface area (Å²) in [6, 6.07) is 7.57. The van der Waals surface area contributed by atoms with Crippen LogP contribution in [0.1, 0.15) is 16.1 Å². The van der Waals surface area contributed by atoms with E-state index in [1.165, 1.54) is 18.2 Å². The third-order valence-corrected chi connectivity index (χ3v) is 3.63. The van der Waals surface area contributed by atoms with Crippen molar-refractivity contribution in [2.75, 3.05) is 20.3 Å². The normalized spacial score (nSPS) is 10.6. The van der Waals surface area contributed by atoms with Crippen LogP contribution in [-0.4, -0.2) is 31.1 Å². The molecule has 0 aliphatic heterocycles. The monoisotopic (exact) mass is 355 g/mol. The molecular formula is C15H15BrFNO3. The second-order valence-electron chi connectivity index (χ2n) is 4.42. The fourth-order valence-corrected chi connectivity index (χ4v) is 2.29. The number of benzene rings is 1. The molecule has 6 heteroatoms. The Balaban J connectivity index is 2.22. The zero-order valence-electron chi connectivity index (χ0n) is 11.5. The summed E-state index contributed by atoms with van der Waals surface area (Å²) in [5.74, 6) is -0.0759. The summed E-state index contributed by atoms with van der Waals surface area (Å²) in [4.78, 5) is 14.1. The number of amides is 1. The molecular weight excluding hydrogens is 341 g/mol. The maximum atomic E-state index is 13.4. The number of nitrogens with zero attached hydrogens (tertiary/aromatic N) is 1. The maximum Gasteiger partial charge on any atom is 0.255 e. The van der Waals surface area contributed by atoms with Crippen molar-refractivity contribution in [3.8, 4) is 0 Å². The zero-order chi connectivity index (χ0) is 15.2. The third kappa shape index (κ3) is 4.15. The molecule has 0 aliphatic rings. The highest BCUT2D eigenvalue weighted by atomic mass is 79.9. The molecule has 1 heterocycles. The topological polar surface area (TPSA) is 42.7 Å². The third-order valence-electron chi connectivity index (χ3n) is 2.94. The number of hydrogen-bond donors (Lipinski definition) is 0. The van der Waals surface area contributed by atoms with Gasteiger partial charge in [-0.1, -0.05) is 0 Å². The standard InChI is InChI=1S/C15H15BrFNO3/c1-20-8-6-18(10-12-3-2-7-21-12)15(19)13-9-11(17)4-5-14(13)16/h2-5,7,9H,6,8,10H2,1H3. The number of hydrogen-bond acceptors (Lipinski definition) is 3. The van der Waals surface area contributed by atoms with Crippen LogP contribution in [0, 0.1) is 5.82 Å². The number of methoxy groups -OCH3 is 1. The first-order chi connectivity index (χ1) is 10.1. The predicted molar refractivity (Wildman–Crippen MR) is 79.4 cm³/mol. The summed E-state index contributed by atoms with van der Waals surface area (Å²) >= 11 is 3.28. The largest absolute Gasteiger partial charge is 0.467 e. The highest BCUT2D eigenvalue weighted by Gasteiger charge is 2.20. The number of furan rings is 1. The first-order valence-electron chi connectivity index (χ1n) is 6.37. The van der Waals surface area contributed by atoms with Crippen molar-refractivity contribution in [2.45, 2.75) is 6.54 Å². The molecule has 1 amide bonds. The molecule has 0 fully saturated rings. The first kappa shape index (κ1) is 15.7. The molecule has 2 rings (SSSR count). The summed E-state index contributed by atoms with van der Waals surface area (Å²) in [5.41, 5.74) is 0.276. The molecule has 0 N–H and O–H groups in total. The predicted octanol–water partition coefficient (Wildman–Crippen LogP) is 3.47. The lowest BCUT2D eigenvalue weighted by atomic mass is 10.2. The van der Waals surface area contributed by atoms with Crippen molar-refractivity contribution in [2.24, 2.45) is 0 Å². The van der Waals surface area contributed by atoms with Crippen LogP contribution in [0.3, 0.4) is 0 Å². The highest BCUT2D eigenvalue weighted by Crippen LogP contribution is 2.20. The Bertz CT molecular complexity index is 601. The Hall–Kier alpha value is -1.66. The van der Waals surface area contributed by atoms with Gasteiger partial charge in [0.05, 0.1) is 25.0 Å². The lowest BCUT2D eigenvalue weighted by Gasteiger charge is -2.22. The summed E-state index contributed by atoms with van der Waals surface area (Å²) < 4.78 is 24.2. The van der Waals surface area contributed by atoms with Crippen LogP contribution in [0.2, 0.25) is 0 Å². The van der Waals surface area contributed by atoms with Crippen molar-refractivity contribution in [3.63, 3.8) is 0 Å². The van der Waals surface area contributed by atoms with Crippen molar-refractivity contribution in [1.29, 1.82) is 0 Å². The Morgan fingerprint density at radius 2 is 2.24 bits per heavy atom. The van der Waals surface area contributed by atoms with Gasteiger partial charge < -0.3 is 14.1 Å². The van der Waals surface area contributed by atoms with Crippen molar-refractivity contribution >= 4 is 21.8 Å². The summed E-state index contributed by atoms with van der Waals surface area (Å²) in [6.45, 7) is 1.08. The quantitative estimate of drug-likeness (QED) is 0.796. The fourth-order valence-electron chi connectivity index (χ4n) is 1.88. The van der Waals surface area contributed by atoms with Crippen molar-refractivity contribution < 1.29 is 18.3 Å². The van der Waals surface area contributed by atoms with Gasteiger partial charge in [0.1, 0.15) is 11.6 Å². The molecule has 112 valence electrons. The second-order valence-corrected chi connectivity index (χ2v) is 5.28. The van der Waals surface area contributed by atoms with Gasteiger partial charge in [0.2, 0.25) is 0 Å². The van der Waals surface area contributed by atoms with Crippen molar-refractivity contribution in [1.82, 2.24) is 4.90 Å². The van der Waals surface area contributed by atoms with E-state index in [-0.39, 0.29) is 11.5 Å². The molecule has 0 bridgehead atoms. The summed E-state index contributed by atoms with van der Waals surface area (Å²) in [6.07, 6.45) is 1.55. The minimum atomic E-state index is -0.453. The van der Waals surface area contributed by atoms with Crippen LogP contribution in [-0.2, 0) is 11.3 Å². The average Bonchev–Trinajstić information content (AvgIpc) is 2.98. The van der Waals surface area contributed by atoms with Crippen molar-refractivity contribution in [3.05, 3.63) is 58.2 Å². The molecule has 0 aliphatic carbocycles. The Morgan fingerprint density at radius 3 is 2.90 bits per heavy atom. The molecule has 0 saturated carbocycles. The molecule has 21 heavy (non-hydrogen) atoms. The maximum absolute atomic E-state index is 13.4. The molecule has 1 aromatic heterocycles. The highest BCUT2D eigenvalue weighted by molar-refractivity contribution is 9.10. The molecule has 0 saturated heterocycles. The van der Waals surface area contributed by atoms with Gasteiger partial charge in [-0.2, -0.15) is 0 Å². The lowest BCUT2D eigenvalue weighted by molar-refractivity contribution is 0.0665. The Labute approximate surface area is 130 Å². The van der Waals surface area contributed by atoms with Crippen LogP contribution in [0.15, 0.2) is 45.5 Å². The molecule has 1 aromatic carbocycles. The fraction of sp³-hybridized carbons (Fsp3) is 0.267. The van der Waals surface area contributed by atoms with Crippen LogP contribution in [0.4, 0.5) is 4.39 Å². The Kier molecular flexibility index (Phi) is 5.52. The number of carbonyl (C=O) groups is 1. The molecule has 0 unspecified atom stereocenters. The van der Waals surface area contributed by atoms with E-state index in [4.69, 9.17) is 9.15 Å². The SMILES string of the molecule is COCCN(Cc1ccco1)C(=O)c1cc(F)ccc1Br. The molecule has 0 spiro atoms. The lowest BCUT2D eigenvalue weighted by Crippen LogP contribution is -2.33. The minimum Gasteiger partial charge on any atom is -0.467 e. The summed E-state index contributed by atoms with van der Waals surface area (Å²) in [5, 5.41) is 0. The van der Waals surface area contributed by atoms with Gasteiger partial charge in [0.25, 0.3) is 5.91 Å². The van der Waals surface area contributed by atoms with E-state index in [1.54, 1.807) is 30.4 Å². The van der Waals surface area contributed by atoms with E-state index >= 15 is 0 Å². The van der Waals surface area contributed by atoms with Gasteiger partial charge in [0, 0.05) is 18.1 Å². The van der Waals surface area contributed by atoms with Crippen LogP contribution >= 0.6 is 15.9 Å². The number of rotatable bonds is 6. The van der Waals surface area contributed by atoms with Crippen LogP contribution < -0.4 is 0 Å². The van der Waals surface area contributed by atoms with Gasteiger partial charge >= 0.3 is 0 Å². The van der Waals surface area contributed by atoms with Crippen LogP contribution in [0.25, 0.3) is 0 Å². The minimum absolute atomic E-state index is 0.276. The van der Waals surface area contributed by atoms with Gasteiger partial charge in [0.15, 0.2) is 0 Å². The van der Waals surface area contributed by atoms with E-state index in [0.717, 1.165) is 0 Å². The van der Waals surface area contributed by atoms with Crippen LogP contribution in [0.5, 0.6) is 0 Å². The first-order valence-corrected chi connectivity index (χ1v) is 7.16. The van der Waals surface area contributed by atoms with E-state index in [9.17, 15) is 9.18 Å². The Morgan fingerprint density at radius 1 is 1.43 bits per heavy atom. The number of ether oxygens (including phenoxy) is 1. The number of carbonyl (C=O) groups excluding carboxylic acids is 1. The molecule has 0 radical (unpaired) electrons. The van der Waals surface area contributed by atoms with Gasteiger partial charge in [-0.25, -0.2) is 4.39 Å². The number of halogens is 2. The van der Waals surface area contributed by atoms with E-state index in [2.05, 4.69) is 15.9 Å².